The number of ether oxygens (including phenoxy) is 3. The third-order valence-electron chi connectivity index (χ3n) is 3.01. The van der Waals surface area contributed by atoms with Crippen LogP contribution in [0.4, 0.5) is 0 Å². The predicted molar refractivity (Wildman–Crippen MR) is 49.3 cm³/mol. The van der Waals surface area contributed by atoms with E-state index in [-0.39, 0.29) is 12.2 Å². The van der Waals surface area contributed by atoms with Crippen LogP contribution in [-0.4, -0.2) is 44.9 Å². The predicted octanol–water partition coefficient (Wildman–Crippen LogP) is 0.232. The van der Waals surface area contributed by atoms with E-state index in [0.717, 1.165) is 13.0 Å². The van der Waals surface area contributed by atoms with E-state index in [9.17, 15) is 0 Å². The van der Waals surface area contributed by atoms with Gasteiger partial charge in [-0.05, 0) is 0 Å². The molecule has 6 heteroatoms. The molecule has 3 rings (SSSR count). The Morgan fingerprint density at radius 2 is 2.36 bits per heavy atom. The summed E-state index contributed by atoms with van der Waals surface area (Å²) >= 11 is 0. The second kappa shape index (κ2) is 3.31. The van der Waals surface area contributed by atoms with Crippen molar-refractivity contribution in [2.75, 3.05) is 13.2 Å². The molecule has 2 unspecified atom stereocenters. The van der Waals surface area contributed by atoms with Crippen LogP contribution in [0.2, 0.25) is 0 Å². The SMILES string of the molecule is [B]C1OC2CO[P+]#CO[C@H]2[C@@]12CCO2. The number of rotatable bonds is 0. The summed E-state index contributed by atoms with van der Waals surface area (Å²) in [5, 5.41) is 0. The van der Waals surface area contributed by atoms with Crippen molar-refractivity contribution < 1.29 is 18.7 Å². The number of hydrogen-bond donors (Lipinski definition) is 0. The molecule has 4 nitrogen and oxygen atoms in total. The monoisotopic (exact) mass is 211 g/mol. The molecule has 2 saturated heterocycles. The number of fused-ring (bicyclic) bond motifs is 2. The first-order valence-electron chi connectivity index (χ1n) is 4.60. The van der Waals surface area contributed by atoms with E-state index in [1.807, 2.05) is 0 Å². The molecule has 0 aliphatic carbocycles. The van der Waals surface area contributed by atoms with Gasteiger partial charge in [-0.15, -0.1) is 0 Å². The minimum atomic E-state index is -0.457. The van der Waals surface area contributed by atoms with Gasteiger partial charge in [-0.3, -0.25) is 0 Å². The van der Waals surface area contributed by atoms with Crippen LogP contribution in [-0.2, 0) is 18.7 Å². The van der Waals surface area contributed by atoms with E-state index >= 15 is 0 Å². The maximum atomic E-state index is 5.87. The average molecular weight is 211 g/mol. The van der Waals surface area contributed by atoms with Crippen molar-refractivity contribution >= 4 is 16.1 Å². The Labute approximate surface area is 84.8 Å². The van der Waals surface area contributed by atoms with Gasteiger partial charge in [-0.1, -0.05) is 0 Å². The van der Waals surface area contributed by atoms with Gasteiger partial charge < -0.3 is 0 Å². The van der Waals surface area contributed by atoms with Crippen LogP contribution in [0.25, 0.3) is 0 Å². The van der Waals surface area contributed by atoms with Gasteiger partial charge in [-0.25, -0.2) is 0 Å². The van der Waals surface area contributed by atoms with Gasteiger partial charge in [0.2, 0.25) is 0 Å². The van der Waals surface area contributed by atoms with Crippen molar-refractivity contribution in [3.63, 3.8) is 0 Å². The summed E-state index contributed by atoms with van der Waals surface area (Å²) in [4.78, 5) is 0. The number of hydrogen-bond acceptors (Lipinski definition) is 4. The van der Waals surface area contributed by atoms with Crippen molar-refractivity contribution in [1.82, 2.24) is 0 Å². The summed E-state index contributed by atoms with van der Waals surface area (Å²) in [5.74, 6) is 2.70. The molecular weight excluding hydrogens is 202 g/mol. The Morgan fingerprint density at radius 1 is 1.50 bits per heavy atom. The zero-order valence-corrected chi connectivity index (χ0v) is 8.41. The van der Waals surface area contributed by atoms with Gasteiger partial charge in [-0.2, -0.15) is 0 Å². The molecule has 2 fully saturated rings. The molecule has 3 heterocycles. The first kappa shape index (κ1) is 9.35. The summed E-state index contributed by atoms with van der Waals surface area (Å²) in [6.07, 6.45) is 0.586. The maximum absolute atomic E-state index is 5.87. The summed E-state index contributed by atoms with van der Waals surface area (Å²) < 4.78 is 21.8. The molecule has 0 aromatic carbocycles. The Balaban J connectivity index is 1.89. The second-order valence-electron chi connectivity index (χ2n) is 3.67. The van der Waals surface area contributed by atoms with E-state index in [1.165, 1.54) is 0 Å². The van der Waals surface area contributed by atoms with Crippen LogP contribution in [0.15, 0.2) is 0 Å². The molecule has 3 aliphatic rings. The molecule has 14 heavy (non-hydrogen) atoms. The Morgan fingerprint density at radius 3 is 3.07 bits per heavy atom. The molecular formula is C8H9BO4P+. The van der Waals surface area contributed by atoms with E-state index < -0.39 is 11.6 Å². The third-order valence-corrected chi connectivity index (χ3v) is 3.46. The van der Waals surface area contributed by atoms with E-state index in [2.05, 4.69) is 5.81 Å². The van der Waals surface area contributed by atoms with Gasteiger partial charge in [0.25, 0.3) is 0 Å². The van der Waals surface area contributed by atoms with Crippen LogP contribution < -0.4 is 0 Å². The van der Waals surface area contributed by atoms with Gasteiger partial charge in [0.15, 0.2) is 0 Å². The van der Waals surface area contributed by atoms with Crippen molar-refractivity contribution in [1.29, 1.82) is 0 Å². The minimum absolute atomic E-state index is 0.132. The molecule has 0 N–H and O–H groups in total. The van der Waals surface area contributed by atoms with Crippen LogP contribution >= 0.6 is 8.26 Å². The molecule has 3 aliphatic heterocycles. The molecule has 0 saturated carbocycles. The fraction of sp³-hybridized carbons (Fsp3) is 0.875. The van der Waals surface area contributed by atoms with Gasteiger partial charge in [0.1, 0.15) is 0 Å². The molecule has 2 radical (unpaired) electrons. The van der Waals surface area contributed by atoms with E-state index in [0.29, 0.717) is 14.9 Å². The van der Waals surface area contributed by atoms with Crippen molar-refractivity contribution in [2.45, 2.75) is 30.2 Å². The van der Waals surface area contributed by atoms with Crippen molar-refractivity contribution in [3.05, 3.63) is 0 Å². The molecule has 0 aromatic rings. The zero-order valence-electron chi connectivity index (χ0n) is 7.51. The van der Waals surface area contributed by atoms with Crippen LogP contribution in [0, 0.1) is 5.81 Å². The Bertz CT molecular complexity index is 308. The molecule has 72 valence electrons. The van der Waals surface area contributed by atoms with Crippen LogP contribution in [0.5, 0.6) is 0 Å². The average Bonchev–Trinajstić information content (AvgIpc) is 2.29. The summed E-state index contributed by atoms with van der Waals surface area (Å²) in [7, 11) is 6.48. The molecule has 4 atom stereocenters. The first-order valence-corrected chi connectivity index (χ1v) is 5.42. The Hall–Kier alpha value is 0.115. The summed E-state index contributed by atoms with van der Waals surface area (Å²) in [5.41, 5.74) is -0.457. The van der Waals surface area contributed by atoms with Gasteiger partial charge >= 0.3 is 84.1 Å². The second-order valence-corrected chi connectivity index (χ2v) is 4.29. The zero-order chi connectivity index (χ0) is 9.60. The Kier molecular flexibility index (Phi) is 2.21. The molecule has 0 bridgehead atoms. The van der Waals surface area contributed by atoms with Crippen LogP contribution in [0.3, 0.4) is 0 Å². The fourth-order valence-corrected chi connectivity index (χ4v) is 2.59. The van der Waals surface area contributed by atoms with E-state index in [4.69, 9.17) is 26.6 Å². The molecule has 1 spiro atoms. The standard InChI is InChI=1S/C8H9BO4P/c9-7-8(1-2-11-8)6-5(13-7)3-12-14-4-10-6/h5-7H,1-3H2/q+1/t5?,6-,7?,8+/m1/s1. The van der Waals surface area contributed by atoms with E-state index in [1.54, 1.807) is 0 Å². The normalized spacial score (nSPS) is 50.7. The van der Waals surface area contributed by atoms with Gasteiger partial charge in [0.05, 0.1) is 0 Å². The first-order chi connectivity index (χ1) is 6.83. The molecule has 0 amide bonds. The fourth-order valence-electron chi connectivity index (χ4n) is 2.16. The third kappa shape index (κ3) is 1.15. The van der Waals surface area contributed by atoms with Crippen molar-refractivity contribution in [3.8, 4) is 5.81 Å². The topological polar surface area (TPSA) is 36.9 Å². The summed E-state index contributed by atoms with van der Waals surface area (Å²) in [6, 6.07) is -0.411. The van der Waals surface area contributed by atoms with Gasteiger partial charge in [0, 0.05) is 0 Å². The van der Waals surface area contributed by atoms with Crippen molar-refractivity contribution in [2.24, 2.45) is 0 Å². The quantitative estimate of drug-likeness (QED) is 0.424. The van der Waals surface area contributed by atoms with Crippen LogP contribution in [0.1, 0.15) is 6.42 Å². The summed E-state index contributed by atoms with van der Waals surface area (Å²) in [6.45, 7) is 1.21. The molecule has 0 aromatic heterocycles.